The van der Waals surface area contributed by atoms with Gasteiger partial charge in [0, 0.05) is 16.3 Å². The zero-order valence-corrected chi connectivity index (χ0v) is 18.8. The second-order valence-electron chi connectivity index (χ2n) is 6.37. The molecule has 0 bridgehead atoms. The summed E-state index contributed by atoms with van der Waals surface area (Å²) in [6.45, 7) is 3.34. The molecule has 160 valence electrons. The Morgan fingerprint density at radius 2 is 1.77 bits per heavy atom. The number of carbonyl (C=O) groups excluding carboxylic acids is 2. The summed E-state index contributed by atoms with van der Waals surface area (Å²) in [5, 5.41) is 6.69. The lowest BCUT2D eigenvalue weighted by Gasteiger charge is -2.12. The van der Waals surface area contributed by atoms with E-state index in [2.05, 4.69) is 31.8 Å². The van der Waals surface area contributed by atoms with Crippen LogP contribution in [0.2, 0.25) is 0 Å². The number of nitrogens with one attached hydrogen (secondary N) is 2. The van der Waals surface area contributed by atoms with Gasteiger partial charge in [-0.05, 0) is 49.7 Å². The normalized spacial score (nSPS) is 10.9. The molecule has 30 heavy (non-hydrogen) atoms. The molecule has 0 aromatic heterocycles. The largest absolute Gasteiger partial charge is 0.497 e. The molecule has 2 rings (SSSR count). The highest BCUT2D eigenvalue weighted by molar-refractivity contribution is 9.10. The van der Waals surface area contributed by atoms with Crippen molar-refractivity contribution in [2.75, 3.05) is 26.1 Å². The fourth-order valence-electron chi connectivity index (χ4n) is 2.49. The van der Waals surface area contributed by atoms with Crippen molar-refractivity contribution in [2.45, 2.75) is 20.3 Å². The molecule has 0 aliphatic carbocycles. The van der Waals surface area contributed by atoms with Crippen molar-refractivity contribution in [3.8, 4) is 17.2 Å². The molecule has 0 heterocycles. The molecule has 0 radical (unpaired) electrons. The van der Waals surface area contributed by atoms with Crippen molar-refractivity contribution >= 4 is 39.1 Å². The van der Waals surface area contributed by atoms with Crippen LogP contribution in [0, 0.1) is 6.92 Å². The highest BCUT2D eigenvalue weighted by Gasteiger charge is 2.11. The third kappa shape index (κ3) is 7.07. The first-order valence-electron chi connectivity index (χ1n) is 9.05. The first-order chi connectivity index (χ1) is 14.3. The predicted molar refractivity (Wildman–Crippen MR) is 118 cm³/mol. The van der Waals surface area contributed by atoms with E-state index in [1.165, 1.54) is 14.2 Å². The van der Waals surface area contributed by atoms with Gasteiger partial charge in [-0.2, -0.15) is 5.10 Å². The van der Waals surface area contributed by atoms with Crippen molar-refractivity contribution in [2.24, 2.45) is 5.10 Å². The highest BCUT2D eigenvalue weighted by atomic mass is 79.9. The van der Waals surface area contributed by atoms with Crippen LogP contribution < -0.4 is 25.0 Å². The van der Waals surface area contributed by atoms with Crippen LogP contribution in [0.5, 0.6) is 17.2 Å². The molecular weight excluding hydrogens is 454 g/mol. The maximum atomic E-state index is 12.3. The molecular formula is C21H24BrN3O5. The van der Waals surface area contributed by atoms with Gasteiger partial charge in [-0.15, -0.1) is 0 Å². The second kappa shape index (κ2) is 11.2. The molecule has 2 aromatic rings. The lowest BCUT2D eigenvalue weighted by Crippen LogP contribution is -2.26. The van der Waals surface area contributed by atoms with Crippen LogP contribution >= 0.6 is 15.9 Å². The number of benzene rings is 2. The minimum Gasteiger partial charge on any atom is -0.497 e. The minimum absolute atomic E-state index is 0.00663. The number of hydrazone groups is 1. The van der Waals surface area contributed by atoms with Gasteiger partial charge in [-0.25, -0.2) is 5.43 Å². The zero-order chi connectivity index (χ0) is 22.1. The molecule has 0 atom stereocenters. The predicted octanol–water partition coefficient (Wildman–Crippen LogP) is 3.67. The number of anilines is 1. The SMILES string of the molecule is COc1ccc(OC)c(NC(=O)CC(C)=NNC(=O)COc2ccc(Br)cc2C)c1. The second-order valence-corrected chi connectivity index (χ2v) is 7.29. The van der Waals surface area contributed by atoms with Gasteiger partial charge >= 0.3 is 0 Å². The molecule has 2 N–H and O–H groups in total. The maximum absolute atomic E-state index is 12.3. The summed E-state index contributed by atoms with van der Waals surface area (Å²) in [4.78, 5) is 24.2. The Hall–Kier alpha value is -3.07. The Morgan fingerprint density at radius 1 is 1.03 bits per heavy atom. The Morgan fingerprint density at radius 3 is 2.43 bits per heavy atom. The van der Waals surface area contributed by atoms with Crippen LogP contribution in [0.4, 0.5) is 5.69 Å². The summed E-state index contributed by atoms with van der Waals surface area (Å²) in [5.74, 6) is 0.975. The van der Waals surface area contributed by atoms with E-state index in [9.17, 15) is 9.59 Å². The number of halogens is 1. The van der Waals surface area contributed by atoms with E-state index < -0.39 is 5.91 Å². The van der Waals surface area contributed by atoms with Crippen LogP contribution in [0.15, 0.2) is 46.0 Å². The van der Waals surface area contributed by atoms with Gasteiger partial charge in [-0.1, -0.05) is 15.9 Å². The van der Waals surface area contributed by atoms with Crippen LogP contribution in [0.25, 0.3) is 0 Å². The van der Waals surface area contributed by atoms with Crippen LogP contribution in [-0.4, -0.2) is 38.4 Å². The molecule has 0 saturated heterocycles. The lowest BCUT2D eigenvalue weighted by atomic mass is 10.2. The van der Waals surface area contributed by atoms with E-state index in [1.54, 1.807) is 31.2 Å². The van der Waals surface area contributed by atoms with Gasteiger partial charge in [0.05, 0.1) is 26.3 Å². The molecule has 0 saturated carbocycles. The molecule has 9 heteroatoms. The summed E-state index contributed by atoms with van der Waals surface area (Å²) in [7, 11) is 3.05. The van der Waals surface area contributed by atoms with E-state index >= 15 is 0 Å². The van der Waals surface area contributed by atoms with Crippen LogP contribution in [0.3, 0.4) is 0 Å². The summed E-state index contributed by atoms with van der Waals surface area (Å²) in [6, 6.07) is 10.6. The van der Waals surface area contributed by atoms with Gasteiger partial charge < -0.3 is 19.5 Å². The Balaban J connectivity index is 1.85. The van der Waals surface area contributed by atoms with Gasteiger partial charge in [0.1, 0.15) is 17.2 Å². The zero-order valence-electron chi connectivity index (χ0n) is 17.2. The third-order valence-corrected chi connectivity index (χ3v) is 4.46. The number of aryl methyl sites for hydroxylation is 1. The van der Waals surface area contributed by atoms with Crippen molar-refractivity contribution in [3.05, 3.63) is 46.4 Å². The molecule has 8 nitrogen and oxygen atoms in total. The smallest absolute Gasteiger partial charge is 0.277 e. The number of rotatable bonds is 9. The quantitative estimate of drug-likeness (QED) is 0.424. The first-order valence-corrected chi connectivity index (χ1v) is 9.84. The first kappa shape index (κ1) is 23.2. The van der Waals surface area contributed by atoms with E-state index in [1.807, 2.05) is 19.1 Å². The average molecular weight is 478 g/mol. The van der Waals surface area contributed by atoms with Gasteiger partial charge in [0.2, 0.25) is 5.91 Å². The topological polar surface area (TPSA) is 98.3 Å². The number of ether oxygens (including phenoxy) is 3. The standard InChI is InChI=1S/C21H24BrN3O5/c1-13-9-15(22)5-7-18(13)30-12-21(27)25-24-14(2)10-20(26)23-17-11-16(28-3)6-8-19(17)29-4/h5-9,11H,10,12H2,1-4H3,(H,23,26)(H,25,27). The Bertz CT molecular complexity index is 946. The molecule has 0 aliphatic rings. The monoisotopic (exact) mass is 477 g/mol. The minimum atomic E-state index is -0.424. The number of amides is 2. The van der Waals surface area contributed by atoms with E-state index in [4.69, 9.17) is 14.2 Å². The maximum Gasteiger partial charge on any atom is 0.277 e. The van der Waals surface area contributed by atoms with Crippen molar-refractivity contribution in [1.29, 1.82) is 0 Å². The summed E-state index contributed by atoms with van der Waals surface area (Å²) in [6.07, 6.45) is -0.00663. The van der Waals surface area contributed by atoms with E-state index in [0.29, 0.717) is 28.6 Å². The third-order valence-electron chi connectivity index (χ3n) is 3.96. The summed E-state index contributed by atoms with van der Waals surface area (Å²) in [5.41, 5.74) is 4.20. The molecule has 0 spiro atoms. The van der Waals surface area contributed by atoms with Gasteiger partial charge in [0.15, 0.2) is 6.61 Å². The lowest BCUT2D eigenvalue weighted by molar-refractivity contribution is -0.123. The van der Waals surface area contributed by atoms with Gasteiger partial charge in [-0.3, -0.25) is 9.59 Å². The summed E-state index contributed by atoms with van der Waals surface area (Å²) >= 11 is 3.37. The van der Waals surface area contributed by atoms with Crippen molar-refractivity contribution < 1.29 is 23.8 Å². The number of methoxy groups -OCH3 is 2. The summed E-state index contributed by atoms with van der Waals surface area (Å²) < 4.78 is 16.8. The molecule has 0 aliphatic heterocycles. The van der Waals surface area contributed by atoms with Gasteiger partial charge in [0.25, 0.3) is 5.91 Å². The van der Waals surface area contributed by atoms with Crippen molar-refractivity contribution in [3.63, 3.8) is 0 Å². The van der Waals surface area contributed by atoms with E-state index in [0.717, 1.165) is 10.0 Å². The van der Waals surface area contributed by atoms with Crippen molar-refractivity contribution in [1.82, 2.24) is 5.43 Å². The fraction of sp³-hybridized carbons (Fsp3) is 0.286. The average Bonchev–Trinajstić information content (AvgIpc) is 2.71. The molecule has 2 aromatic carbocycles. The van der Waals surface area contributed by atoms with Crippen LogP contribution in [0.1, 0.15) is 18.9 Å². The Kier molecular flexibility index (Phi) is 8.67. The Labute approximate surface area is 183 Å². The molecule has 2 amide bonds. The number of nitrogens with zero attached hydrogens (tertiary/aromatic N) is 1. The molecule has 0 fully saturated rings. The number of hydrogen-bond acceptors (Lipinski definition) is 6. The van der Waals surface area contributed by atoms with Crippen LogP contribution in [-0.2, 0) is 9.59 Å². The number of hydrogen-bond donors (Lipinski definition) is 2. The number of carbonyl (C=O) groups is 2. The highest BCUT2D eigenvalue weighted by Crippen LogP contribution is 2.29. The molecule has 0 unspecified atom stereocenters. The fourth-order valence-corrected chi connectivity index (χ4v) is 2.96. The van der Waals surface area contributed by atoms with E-state index in [-0.39, 0.29) is 18.9 Å².